The summed E-state index contributed by atoms with van der Waals surface area (Å²) in [6.45, 7) is 0. The number of benzene rings is 2. The number of rotatable bonds is 4. The van der Waals surface area contributed by atoms with Crippen LogP contribution in [0.2, 0.25) is 5.02 Å². The predicted octanol–water partition coefficient (Wildman–Crippen LogP) is 2.82. The summed E-state index contributed by atoms with van der Waals surface area (Å²) < 4.78 is 4.98. The number of methoxy groups -OCH3 is 1. The smallest absolute Gasteiger partial charge is 0.271 e. The van der Waals surface area contributed by atoms with Crippen LogP contribution in [0.15, 0.2) is 47.6 Å². The first-order valence-corrected chi connectivity index (χ1v) is 6.44. The van der Waals surface area contributed by atoms with Gasteiger partial charge in [-0.05, 0) is 18.2 Å². The van der Waals surface area contributed by atoms with Crippen LogP contribution in [0.5, 0.6) is 11.5 Å². The first kappa shape index (κ1) is 14.9. The maximum absolute atomic E-state index is 11.8. The summed E-state index contributed by atoms with van der Waals surface area (Å²) in [5.41, 5.74) is 3.20. The highest BCUT2D eigenvalue weighted by Crippen LogP contribution is 2.32. The minimum absolute atomic E-state index is 0.0976. The first-order valence-electron chi connectivity index (χ1n) is 6.06. The maximum atomic E-state index is 11.8. The molecule has 2 rings (SSSR count). The number of carbonyl (C=O) groups excluding carboxylic acids is 1. The third kappa shape index (κ3) is 3.73. The zero-order valence-electron chi connectivity index (χ0n) is 11.2. The Morgan fingerprint density at radius 2 is 2.05 bits per heavy atom. The van der Waals surface area contributed by atoms with Crippen LogP contribution in [0.1, 0.15) is 15.9 Å². The molecular formula is C15H13ClN2O3. The van der Waals surface area contributed by atoms with E-state index < -0.39 is 0 Å². The fraction of sp³-hybridized carbons (Fsp3) is 0.0667. The average Bonchev–Trinajstić information content (AvgIpc) is 2.51. The van der Waals surface area contributed by atoms with Gasteiger partial charge in [-0.1, -0.05) is 29.8 Å². The van der Waals surface area contributed by atoms with Crippen molar-refractivity contribution in [1.82, 2.24) is 5.43 Å². The van der Waals surface area contributed by atoms with E-state index in [0.717, 1.165) is 0 Å². The molecule has 6 heteroatoms. The molecule has 0 aliphatic carbocycles. The van der Waals surface area contributed by atoms with Gasteiger partial charge in [-0.15, -0.1) is 0 Å². The molecule has 0 aliphatic rings. The number of ether oxygens (including phenoxy) is 1. The lowest BCUT2D eigenvalue weighted by Crippen LogP contribution is -2.17. The SMILES string of the molecule is COc1cc(Cl)cc(/C=N\NC(=O)c2ccccc2)c1O. The van der Waals surface area contributed by atoms with Crippen molar-refractivity contribution in [3.63, 3.8) is 0 Å². The molecule has 5 nitrogen and oxygen atoms in total. The van der Waals surface area contributed by atoms with Gasteiger partial charge in [0, 0.05) is 22.2 Å². The Kier molecular flexibility index (Phi) is 4.79. The van der Waals surface area contributed by atoms with Crippen molar-refractivity contribution >= 4 is 23.7 Å². The summed E-state index contributed by atoms with van der Waals surface area (Å²) in [6, 6.07) is 11.7. The van der Waals surface area contributed by atoms with Crippen molar-refractivity contribution in [3.05, 3.63) is 58.6 Å². The molecule has 0 unspecified atom stereocenters. The Labute approximate surface area is 126 Å². The van der Waals surface area contributed by atoms with Gasteiger partial charge in [0.15, 0.2) is 11.5 Å². The molecule has 0 aliphatic heterocycles. The minimum Gasteiger partial charge on any atom is -0.504 e. The van der Waals surface area contributed by atoms with E-state index in [1.165, 1.54) is 25.5 Å². The van der Waals surface area contributed by atoms with E-state index in [4.69, 9.17) is 16.3 Å². The molecule has 21 heavy (non-hydrogen) atoms. The molecule has 0 atom stereocenters. The third-order valence-corrected chi connectivity index (χ3v) is 2.91. The minimum atomic E-state index is -0.347. The van der Waals surface area contributed by atoms with Crippen LogP contribution in [-0.4, -0.2) is 24.3 Å². The third-order valence-electron chi connectivity index (χ3n) is 2.69. The van der Waals surface area contributed by atoms with Crippen LogP contribution < -0.4 is 10.2 Å². The molecule has 0 heterocycles. The van der Waals surface area contributed by atoms with E-state index >= 15 is 0 Å². The second kappa shape index (κ2) is 6.76. The molecule has 0 aromatic heterocycles. The fourth-order valence-electron chi connectivity index (χ4n) is 1.66. The molecule has 0 radical (unpaired) electrons. The van der Waals surface area contributed by atoms with Crippen molar-refractivity contribution in [3.8, 4) is 11.5 Å². The fourth-order valence-corrected chi connectivity index (χ4v) is 1.88. The summed E-state index contributed by atoms with van der Waals surface area (Å²) in [5.74, 6) is -0.210. The monoisotopic (exact) mass is 304 g/mol. The number of amides is 1. The Hall–Kier alpha value is -2.53. The standard InChI is InChI=1S/C15H13ClN2O3/c1-21-13-8-12(16)7-11(14(13)19)9-17-18-15(20)10-5-3-2-4-6-10/h2-9,19H,1H3,(H,18,20)/b17-9-. The van der Waals surface area contributed by atoms with E-state index in [1.54, 1.807) is 24.3 Å². The van der Waals surface area contributed by atoms with Crippen LogP contribution >= 0.6 is 11.6 Å². The number of nitrogens with one attached hydrogen (secondary N) is 1. The summed E-state index contributed by atoms with van der Waals surface area (Å²) >= 11 is 5.90. The molecular weight excluding hydrogens is 292 g/mol. The zero-order valence-corrected chi connectivity index (χ0v) is 12.0. The quantitative estimate of drug-likeness (QED) is 0.674. The van der Waals surface area contributed by atoms with E-state index in [-0.39, 0.29) is 17.4 Å². The van der Waals surface area contributed by atoms with Crippen molar-refractivity contribution in [2.45, 2.75) is 0 Å². The summed E-state index contributed by atoms with van der Waals surface area (Å²) in [6.07, 6.45) is 1.30. The molecule has 0 bridgehead atoms. The van der Waals surface area contributed by atoms with E-state index in [1.807, 2.05) is 6.07 Å². The summed E-state index contributed by atoms with van der Waals surface area (Å²) in [7, 11) is 1.42. The van der Waals surface area contributed by atoms with Crippen molar-refractivity contribution in [2.75, 3.05) is 7.11 Å². The highest BCUT2D eigenvalue weighted by molar-refractivity contribution is 6.31. The topological polar surface area (TPSA) is 70.9 Å². The van der Waals surface area contributed by atoms with Crippen molar-refractivity contribution in [1.29, 1.82) is 0 Å². The van der Waals surface area contributed by atoms with Gasteiger partial charge in [0.05, 0.1) is 13.3 Å². The molecule has 2 aromatic rings. The van der Waals surface area contributed by atoms with E-state index in [2.05, 4.69) is 10.5 Å². The molecule has 0 spiro atoms. The number of hydrogen-bond donors (Lipinski definition) is 2. The largest absolute Gasteiger partial charge is 0.504 e. The lowest BCUT2D eigenvalue weighted by Gasteiger charge is -2.06. The number of hydrogen-bond acceptors (Lipinski definition) is 4. The van der Waals surface area contributed by atoms with Gasteiger partial charge >= 0.3 is 0 Å². The maximum Gasteiger partial charge on any atom is 0.271 e. The molecule has 2 N–H and O–H groups in total. The molecule has 1 amide bonds. The predicted molar refractivity (Wildman–Crippen MR) is 81.2 cm³/mol. The zero-order chi connectivity index (χ0) is 15.2. The summed E-state index contributed by atoms with van der Waals surface area (Å²) in [4.78, 5) is 11.8. The van der Waals surface area contributed by atoms with Crippen LogP contribution in [0.3, 0.4) is 0 Å². The average molecular weight is 305 g/mol. The molecule has 0 fully saturated rings. The van der Waals surface area contributed by atoms with Gasteiger partial charge in [0.2, 0.25) is 0 Å². The summed E-state index contributed by atoms with van der Waals surface area (Å²) in [5, 5.41) is 14.1. The Morgan fingerprint density at radius 3 is 2.71 bits per heavy atom. The first-order chi connectivity index (χ1) is 10.1. The lowest BCUT2D eigenvalue weighted by molar-refractivity contribution is 0.0955. The Morgan fingerprint density at radius 1 is 1.33 bits per heavy atom. The number of phenolic OH excluding ortho intramolecular Hbond substituents is 1. The van der Waals surface area contributed by atoms with Gasteiger partial charge in [0.1, 0.15) is 0 Å². The van der Waals surface area contributed by atoms with Crippen LogP contribution in [0, 0.1) is 0 Å². The molecule has 2 aromatic carbocycles. The van der Waals surface area contributed by atoms with Crippen LogP contribution in [0.25, 0.3) is 0 Å². The van der Waals surface area contributed by atoms with E-state index in [0.29, 0.717) is 16.1 Å². The van der Waals surface area contributed by atoms with Crippen LogP contribution in [0.4, 0.5) is 0 Å². The Bertz CT molecular complexity index is 672. The van der Waals surface area contributed by atoms with Gasteiger partial charge in [-0.25, -0.2) is 5.43 Å². The Balaban J connectivity index is 2.12. The number of halogens is 1. The van der Waals surface area contributed by atoms with Crippen molar-refractivity contribution in [2.24, 2.45) is 5.10 Å². The van der Waals surface area contributed by atoms with Gasteiger partial charge < -0.3 is 9.84 Å². The van der Waals surface area contributed by atoms with Gasteiger partial charge in [0.25, 0.3) is 5.91 Å². The number of hydrazone groups is 1. The van der Waals surface area contributed by atoms with E-state index in [9.17, 15) is 9.90 Å². The molecule has 0 saturated carbocycles. The number of phenols is 1. The molecule has 108 valence electrons. The van der Waals surface area contributed by atoms with Crippen molar-refractivity contribution < 1.29 is 14.6 Å². The second-order valence-corrected chi connectivity index (χ2v) is 4.55. The molecule has 0 saturated heterocycles. The van der Waals surface area contributed by atoms with Crippen LogP contribution in [-0.2, 0) is 0 Å². The lowest BCUT2D eigenvalue weighted by atomic mass is 10.2. The second-order valence-electron chi connectivity index (χ2n) is 4.11. The number of nitrogens with zero attached hydrogens (tertiary/aromatic N) is 1. The highest BCUT2D eigenvalue weighted by atomic mass is 35.5. The number of carbonyl (C=O) groups is 1. The van der Waals surface area contributed by atoms with Gasteiger partial charge in [-0.2, -0.15) is 5.10 Å². The number of aromatic hydroxyl groups is 1. The highest BCUT2D eigenvalue weighted by Gasteiger charge is 2.08. The van der Waals surface area contributed by atoms with Gasteiger partial charge in [-0.3, -0.25) is 4.79 Å². The normalized spacial score (nSPS) is 10.6.